The Bertz CT molecular complexity index is 670. The molecule has 1 N–H and O–H groups in total. The van der Waals surface area contributed by atoms with Gasteiger partial charge in [0.05, 0.1) is 0 Å². The highest BCUT2D eigenvalue weighted by Crippen LogP contribution is 2.20. The van der Waals surface area contributed by atoms with Crippen molar-refractivity contribution >= 4 is 17.3 Å². The second-order valence-corrected chi connectivity index (χ2v) is 4.72. The number of hydrogen-bond acceptors (Lipinski definition) is 3. The average Bonchev–Trinajstić information content (AvgIpc) is 2.53. The molecule has 3 heteroatoms. The number of aliphatic hydroxyl groups is 1. The normalized spacial score (nSPS) is 11.7. The maximum atomic E-state index is 12.2. The van der Waals surface area contributed by atoms with Crippen molar-refractivity contribution in [1.82, 2.24) is 0 Å². The van der Waals surface area contributed by atoms with Gasteiger partial charge >= 0.3 is 0 Å². The van der Waals surface area contributed by atoms with Gasteiger partial charge in [-0.05, 0) is 6.92 Å². The highest BCUT2D eigenvalue weighted by atomic mass is 16.3. The van der Waals surface area contributed by atoms with Gasteiger partial charge in [-0.3, -0.25) is 9.59 Å². The zero-order valence-electron chi connectivity index (χ0n) is 11.7. The lowest BCUT2D eigenvalue weighted by atomic mass is 9.97. The zero-order chi connectivity index (χ0) is 15.2. The van der Waals surface area contributed by atoms with E-state index in [0.29, 0.717) is 11.1 Å². The van der Waals surface area contributed by atoms with Crippen molar-refractivity contribution < 1.29 is 14.7 Å². The molecule has 2 aromatic carbocycles. The van der Waals surface area contributed by atoms with Crippen LogP contribution in [-0.2, 0) is 4.79 Å². The summed E-state index contributed by atoms with van der Waals surface area (Å²) in [6.07, 6.45) is -0.111. The summed E-state index contributed by atoms with van der Waals surface area (Å²) in [5, 5.41) is 10.3. The van der Waals surface area contributed by atoms with E-state index in [4.69, 9.17) is 0 Å². The Morgan fingerprint density at radius 1 is 0.857 bits per heavy atom. The zero-order valence-corrected chi connectivity index (χ0v) is 11.7. The molecule has 0 radical (unpaired) electrons. The molecule has 3 nitrogen and oxygen atoms in total. The first-order chi connectivity index (χ1) is 10.1. The largest absolute Gasteiger partial charge is 0.507 e. The van der Waals surface area contributed by atoms with Crippen LogP contribution in [0, 0.1) is 0 Å². The molecule has 0 fully saturated rings. The van der Waals surface area contributed by atoms with Crippen LogP contribution in [0.2, 0.25) is 0 Å². The lowest BCUT2D eigenvalue weighted by Gasteiger charge is -2.08. The van der Waals surface area contributed by atoms with Gasteiger partial charge in [-0.2, -0.15) is 0 Å². The Kier molecular flexibility index (Phi) is 4.67. The maximum absolute atomic E-state index is 12.2. The van der Waals surface area contributed by atoms with Crippen molar-refractivity contribution in [3.63, 3.8) is 0 Å². The minimum Gasteiger partial charge on any atom is -0.507 e. The minimum absolute atomic E-state index is 0.111. The molecule has 0 aliphatic carbocycles. The van der Waals surface area contributed by atoms with Crippen molar-refractivity contribution in [2.45, 2.75) is 13.3 Å². The summed E-state index contributed by atoms with van der Waals surface area (Å²) in [7, 11) is 0. The van der Waals surface area contributed by atoms with Gasteiger partial charge in [0, 0.05) is 23.1 Å². The summed E-state index contributed by atoms with van der Waals surface area (Å²) >= 11 is 0. The number of aliphatic hydroxyl groups excluding tert-OH is 1. The Morgan fingerprint density at radius 3 is 1.81 bits per heavy atom. The number of hydrogen-bond donors (Lipinski definition) is 1. The molecule has 21 heavy (non-hydrogen) atoms. The molecule has 0 aromatic heterocycles. The number of rotatable bonds is 5. The Balaban J connectivity index is 2.33. The molecule has 0 heterocycles. The summed E-state index contributed by atoms with van der Waals surface area (Å²) in [5.74, 6) is -0.628. The average molecular weight is 280 g/mol. The molecular weight excluding hydrogens is 264 g/mol. The molecule has 0 spiro atoms. The highest BCUT2D eigenvalue weighted by molar-refractivity contribution is 6.08. The SMILES string of the molecule is CC(=O)C(CC(=O)c1ccccc1)=C(O)c1ccccc1. The van der Waals surface area contributed by atoms with Crippen molar-refractivity contribution in [3.8, 4) is 0 Å². The molecule has 0 aliphatic heterocycles. The third kappa shape index (κ3) is 3.66. The van der Waals surface area contributed by atoms with Gasteiger partial charge in [-0.25, -0.2) is 0 Å². The lowest BCUT2D eigenvalue weighted by Crippen LogP contribution is -2.08. The molecule has 0 amide bonds. The molecule has 0 unspecified atom stereocenters. The smallest absolute Gasteiger partial charge is 0.167 e. The molecule has 0 aliphatic rings. The quantitative estimate of drug-likeness (QED) is 0.514. The van der Waals surface area contributed by atoms with E-state index in [1.54, 1.807) is 48.5 Å². The number of carbonyl (C=O) groups excluding carboxylic acids is 2. The topological polar surface area (TPSA) is 54.4 Å². The molecule has 106 valence electrons. The molecule has 0 saturated carbocycles. The van der Waals surface area contributed by atoms with E-state index in [1.165, 1.54) is 6.92 Å². The lowest BCUT2D eigenvalue weighted by molar-refractivity contribution is -0.113. The van der Waals surface area contributed by atoms with Gasteiger partial charge in [-0.1, -0.05) is 60.7 Å². The standard InChI is InChI=1S/C18H16O3/c1-13(19)16(18(21)15-10-6-3-7-11-15)12-17(20)14-8-4-2-5-9-14/h2-11,21H,12H2,1H3. The summed E-state index contributed by atoms with van der Waals surface area (Å²) in [6, 6.07) is 17.5. The third-order valence-corrected chi connectivity index (χ3v) is 3.19. The summed E-state index contributed by atoms with van der Waals surface area (Å²) in [6.45, 7) is 1.35. The van der Waals surface area contributed by atoms with Crippen molar-refractivity contribution in [2.24, 2.45) is 0 Å². The van der Waals surface area contributed by atoms with Gasteiger partial charge < -0.3 is 5.11 Å². The summed E-state index contributed by atoms with van der Waals surface area (Å²) < 4.78 is 0. The van der Waals surface area contributed by atoms with Gasteiger partial charge in [0.15, 0.2) is 11.6 Å². The van der Waals surface area contributed by atoms with Gasteiger partial charge in [0.25, 0.3) is 0 Å². The Morgan fingerprint density at radius 2 is 1.33 bits per heavy atom. The number of benzene rings is 2. The van der Waals surface area contributed by atoms with E-state index in [-0.39, 0.29) is 29.3 Å². The van der Waals surface area contributed by atoms with Gasteiger partial charge in [0.2, 0.25) is 0 Å². The fourth-order valence-corrected chi connectivity index (χ4v) is 2.03. The van der Waals surface area contributed by atoms with Gasteiger partial charge in [0.1, 0.15) is 5.76 Å². The van der Waals surface area contributed by atoms with E-state index in [9.17, 15) is 14.7 Å². The van der Waals surface area contributed by atoms with E-state index >= 15 is 0 Å². The van der Waals surface area contributed by atoms with E-state index in [1.807, 2.05) is 12.1 Å². The van der Waals surface area contributed by atoms with Crippen LogP contribution < -0.4 is 0 Å². The molecular formula is C18H16O3. The van der Waals surface area contributed by atoms with Crippen LogP contribution in [0.1, 0.15) is 29.3 Å². The number of carbonyl (C=O) groups is 2. The summed E-state index contributed by atoms with van der Waals surface area (Å²) in [5.41, 5.74) is 1.19. The monoisotopic (exact) mass is 280 g/mol. The van der Waals surface area contributed by atoms with Crippen LogP contribution in [0.4, 0.5) is 0 Å². The highest BCUT2D eigenvalue weighted by Gasteiger charge is 2.17. The van der Waals surface area contributed by atoms with Crippen molar-refractivity contribution in [2.75, 3.05) is 0 Å². The van der Waals surface area contributed by atoms with Crippen LogP contribution >= 0.6 is 0 Å². The molecule has 0 bridgehead atoms. The van der Waals surface area contributed by atoms with Crippen LogP contribution in [0.3, 0.4) is 0 Å². The Labute approximate surface area is 123 Å². The fourth-order valence-electron chi connectivity index (χ4n) is 2.03. The maximum Gasteiger partial charge on any atom is 0.167 e. The molecule has 2 rings (SSSR count). The van der Waals surface area contributed by atoms with Crippen molar-refractivity contribution in [1.29, 1.82) is 0 Å². The van der Waals surface area contributed by atoms with Crippen LogP contribution in [-0.4, -0.2) is 16.7 Å². The number of allylic oxidation sites excluding steroid dienone is 1. The van der Waals surface area contributed by atoms with E-state index < -0.39 is 0 Å². The summed E-state index contributed by atoms with van der Waals surface area (Å²) in [4.78, 5) is 24.0. The first kappa shape index (κ1) is 14.7. The first-order valence-corrected chi connectivity index (χ1v) is 6.66. The fraction of sp³-hybridized carbons (Fsp3) is 0.111. The number of ketones is 2. The predicted molar refractivity (Wildman–Crippen MR) is 82.1 cm³/mol. The van der Waals surface area contributed by atoms with Gasteiger partial charge in [-0.15, -0.1) is 0 Å². The van der Waals surface area contributed by atoms with E-state index in [0.717, 1.165) is 0 Å². The Hall–Kier alpha value is -2.68. The second kappa shape index (κ2) is 6.66. The van der Waals surface area contributed by atoms with E-state index in [2.05, 4.69) is 0 Å². The van der Waals surface area contributed by atoms with Crippen LogP contribution in [0.25, 0.3) is 5.76 Å². The minimum atomic E-state index is -0.305. The van der Waals surface area contributed by atoms with Crippen LogP contribution in [0.15, 0.2) is 66.2 Å². The first-order valence-electron chi connectivity index (χ1n) is 6.66. The molecule has 0 atom stereocenters. The molecule has 0 saturated heterocycles. The molecule has 2 aromatic rings. The number of Topliss-reactive ketones (excluding diaryl/α,β-unsaturated/α-hetero) is 2. The third-order valence-electron chi connectivity index (χ3n) is 3.19. The predicted octanol–water partition coefficient (Wildman–Crippen LogP) is 3.82. The second-order valence-electron chi connectivity index (χ2n) is 4.72. The van der Waals surface area contributed by atoms with Crippen LogP contribution in [0.5, 0.6) is 0 Å². The van der Waals surface area contributed by atoms with Crippen molar-refractivity contribution in [3.05, 3.63) is 77.4 Å².